The number of hydrogen-bond donors (Lipinski definition) is 0. The SMILES string of the molecule is Cc1sc(N(Cc2ccc3c(c2)OCCO3)c2ccc(C#N)cc2)nc1C=O. The molecule has 7 heteroatoms. The number of hydrogen-bond acceptors (Lipinski definition) is 7. The number of carbonyl (C=O) groups excluding carboxylic acids is 1. The molecule has 28 heavy (non-hydrogen) atoms. The van der Waals surface area contributed by atoms with Crippen molar-refractivity contribution >= 4 is 28.4 Å². The molecule has 0 bridgehead atoms. The Labute approximate surface area is 166 Å². The summed E-state index contributed by atoms with van der Waals surface area (Å²) in [4.78, 5) is 18.6. The van der Waals surface area contributed by atoms with Gasteiger partial charge in [-0.2, -0.15) is 5.26 Å². The second kappa shape index (κ2) is 7.71. The van der Waals surface area contributed by atoms with Crippen LogP contribution in [0.1, 0.15) is 26.5 Å². The van der Waals surface area contributed by atoms with Gasteiger partial charge in [-0.3, -0.25) is 4.79 Å². The first kappa shape index (κ1) is 18.0. The predicted octanol–water partition coefficient (Wildman–Crippen LogP) is 4.25. The van der Waals surface area contributed by atoms with Crippen LogP contribution in [0.5, 0.6) is 11.5 Å². The molecule has 4 rings (SSSR count). The first-order valence-corrected chi connectivity index (χ1v) is 9.58. The predicted molar refractivity (Wildman–Crippen MR) is 107 cm³/mol. The summed E-state index contributed by atoms with van der Waals surface area (Å²) >= 11 is 1.46. The van der Waals surface area contributed by atoms with Crippen molar-refractivity contribution in [3.05, 3.63) is 64.2 Å². The molecular formula is C21H17N3O3S. The number of anilines is 2. The minimum absolute atomic E-state index is 0.445. The second-order valence-electron chi connectivity index (χ2n) is 6.28. The lowest BCUT2D eigenvalue weighted by atomic mass is 10.1. The molecule has 0 fully saturated rings. The monoisotopic (exact) mass is 391 g/mol. The Kier molecular flexibility index (Phi) is 4.96. The van der Waals surface area contributed by atoms with E-state index in [0.717, 1.165) is 39.0 Å². The van der Waals surface area contributed by atoms with Crippen molar-refractivity contribution in [3.63, 3.8) is 0 Å². The fourth-order valence-corrected chi connectivity index (χ4v) is 3.87. The Morgan fingerprint density at radius 2 is 1.93 bits per heavy atom. The number of nitrogens with zero attached hydrogens (tertiary/aromatic N) is 3. The molecule has 2 aromatic carbocycles. The minimum Gasteiger partial charge on any atom is -0.486 e. The highest BCUT2D eigenvalue weighted by Crippen LogP contribution is 2.35. The molecule has 6 nitrogen and oxygen atoms in total. The van der Waals surface area contributed by atoms with Gasteiger partial charge >= 0.3 is 0 Å². The average Bonchev–Trinajstić information content (AvgIpc) is 3.12. The van der Waals surface area contributed by atoms with E-state index in [4.69, 9.17) is 14.7 Å². The molecular weight excluding hydrogens is 374 g/mol. The van der Waals surface area contributed by atoms with E-state index >= 15 is 0 Å². The molecule has 0 atom stereocenters. The van der Waals surface area contributed by atoms with Crippen molar-refractivity contribution in [1.82, 2.24) is 4.98 Å². The van der Waals surface area contributed by atoms with Crippen LogP contribution in [-0.4, -0.2) is 24.5 Å². The zero-order chi connectivity index (χ0) is 19.5. The average molecular weight is 391 g/mol. The van der Waals surface area contributed by atoms with Crippen LogP contribution in [-0.2, 0) is 6.54 Å². The standard InChI is InChI=1S/C21H17N3O3S/c1-14-18(13-25)23-21(28-14)24(17-5-2-15(11-22)3-6-17)12-16-4-7-19-20(10-16)27-9-8-26-19/h2-7,10,13H,8-9,12H2,1H3. The summed E-state index contributed by atoms with van der Waals surface area (Å²) < 4.78 is 11.3. The van der Waals surface area contributed by atoms with Crippen molar-refractivity contribution in [2.45, 2.75) is 13.5 Å². The van der Waals surface area contributed by atoms with Gasteiger partial charge in [-0.05, 0) is 48.9 Å². The number of aromatic nitrogens is 1. The smallest absolute Gasteiger partial charge is 0.191 e. The Balaban J connectivity index is 1.71. The summed E-state index contributed by atoms with van der Waals surface area (Å²) in [5.41, 5.74) is 2.95. The normalized spacial score (nSPS) is 12.3. The van der Waals surface area contributed by atoms with E-state index < -0.39 is 0 Å². The van der Waals surface area contributed by atoms with Gasteiger partial charge in [0.2, 0.25) is 0 Å². The number of nitriles is 1. The molecule has 0 radical (unpaired) electrons. The van der Waals surface area contributed by atoms with Crippen LogP contribution in [0.25, 0.3) is 0 Å². The number of benzene rings is 2. The first-order valence-electron chi connectivity index (χ1n) is 8.77. The first-order chi connectivity index (χ1) is 13.7. The van der Waals surface area contributed by atoms with Gasteiger partial charge in [0.05, 0.1) is 18.2 Å². The van der Waals surface area contributed by atoms with Gasteiger partial charge in [0.15, 0.2) is 22.9 Å². The lowest BCUT2D eigenvalue weighted by Gasteiger charge is -2.24. The van der Waals surface area contributed by atoms with Crippen molar-refractivity contribution < 1.29 is 14.3 Å². The summed E-state index contributed by atoms with van der Waals surface area (Å²) in [6.45, 7) is 3.50. The summed E-state index contributed by atoms with van der Waals surface area (Å²) in [5.74, 6) is 1.47. The van der Waals surface area contributed by atoms with E-state index in [-0.39, 0.29) is 0 Å². The third-order valence-corrected chi connectivity index (χ3v) is 5.43. The Morgan fingerprint density at radius 1 is 1.18 bits per heavy atom. The fraction of sp³-hybridized carbons (Fsp3) is 0.190. The molecule has 0 N–H and O–H groups in total. The van der Waals surface area contributed by atoms with Crippen LogP contribution in [0.2, 0.25) is 0 Å². The molecule has 2 heterocycles. The maximum atomic E-state index is 11.3. The van der Waals surface area contributed by atoms with Crippen molar-refractivity contribution in [1.29, 1.82) is 5.26 Å². The number of ether oxygens (including phenoxy) is 2. The van der Waals surface area contributed by atoms with E-state index in [1.54, 1.807) is 12.1 Å². The molecule has 1 aliphatic rings. The summed E-state index contributed by atoms with van der Waals surface area (Å²) in [6.07, 6.45) is 0.774. The van der Waals surface area contributed by atoms with Gasteiger partial charge < -0.3 is 14.4 Å². The third-order valence-electron chi connectivity index (χ3n) is 4.42. The number of aldehydes is 1. The summed E-state index contributed by atoms with van der Waals surface area (Å²) in [5, 5.41) is 9.79. The zero-order valence-corrected chi connectivity index (χ0v) is 16.0. The topological polar surface area (TPSA) is 75.5 Å². The Bertz CT molecular complexity index is 1050. The quantitative estimate of drug-likeness (QED) is 0.606. The van der Waals surface area contributed by atoms with Crippen molar-refractivity contribution in [3.8, 4) is 17.6 Å². The molecule has 0 unspecified atom stereocenters. The molecule has 0 aliphatic carbocycles. The van der Waals surface area contributed by atoms with Gasteiger partial charge in [-0.1, -0.05) is 6.07 Å². The van der Waals surface area contributed by atoms with Gasteiger partial charge in [0, 0.05) is 10.6 Å². The third kappa shape index (κ3) is 3.55. The zero-order valence-electron chi connectivity index (χ0n) is 15.2. The molecule has 3 aromatic rings. The van der Waals surface area contributed by atoms with Crippen LogP contribution in [0, 0.1) is 18.3 Å². The number of rotatable bonds is 5. The van der Waals surface area contributed by atoms with Gasteiger partial charge in [0.1, 0.15) is 18.9 Å². The van der Waals surface area contributed by atoms with E-state index in [1.165, 1.54) is 11.3 Å². The van der Waals surface area contributed by atoms with E-state index in [1.807, 2.05) is 42.2 Å². The number of carbonyl (C=O) groups is 1. The molecule has 0 spiro atoms. The molecule has 1 aromatic heterocycles. The van der Waals surface area contributed by atoms with E-state index in [0.29, 0.717) is 31.0 Å². The molecule has 140 valence electrons. The van der Waals surface area contributed by atoms with Crippen LogP contribution in [0.15, 0.2) is 42.5 Å². The maximum absolute atomic E-state index is 11.3. The number of fused-ring (bicyclic) bond motifs is 1. The highest BCUT2D eigenvalue weighted by atomic mass is 32.1. The number of thiazole rings is 1. The van der Waals surface area contributed by atoms with Crippen LogP contribution in [0.4, 0.5) is 10.8 Å². The molecule has 0 saturated heterocycles. The Hall–Kier alpha value is -3.37. The Morgan fingerprint density at radius 3 is 2.61 bits per heavy atom. The van der Waals surface area contributed by atoms with Gasteiger partial charge in [-0.15, -0.1) is 11.3 Å². The second-order valence-corrected chi connectivity index (χ2v) is 7.46. The lowest BCUT2D eigenvalue weighted by Crippen LogP contribution is -2.18. The maximum Gasteiger partial charge on any atom is 0.191 e. The molecule has 1 aliphatic heterocycles. The molecule has 0 saturated carbocycles. The summed E-state index contributed by atoms with van der Waals surface area (Å²) in [6, 6.07) is 15.3. The van der Waals surface area contributed by atoms with Crippen LogP contribution < -0.4 is 14.4 Å². The van der Waals surface area contributed by atoms with Crippen LogP contribution >= 0.6 is 11.3 Å². The van der Waals surface area contributed by atoms with Gasteiger partial charge in [0.25, 0.3) is 0 Å². The van der Waals surface area contributed by atoms with Crippen molar-refractivity contribution in [2.75, 3.05) is 18.1 Å². The highest BCUT2D eigenvalue weighted by Gasteiger charge is 2.18. The number of aryl methyl sites for hydroxylation is 1. The molecule has 0 amide bonds. The van der Waals surface area contributed by atoms with Gasteiger partial charge in [-0.25, -0.2) is 4.98 Å². The largest absolute Gasteiger partial charge is 0.486 e. The summed E-state index contributed by atoms with van der Waals surface area (Å²) in [7, 11) is 0. The van der Waals surface area contributed by atoms with E-state index in [9.17, 15) is 4.79 Å². The van der Waals surface area contributed by atoms with E-state index in [2.05, 4.69) is 11.1 Å². The fourth-order valence-electron chi connectivity index (χ4n) is 2.97. The lowest BCUT2D eigenvalue weighted by molar-refractivity contribution is 0.111. The van der Waals surface area contributed by atoms with Crippen LogP contribution in [0.3, 0.4) is 0 Å². The van der Waals surface area contributed by atoms with Crippen molar-refractivity contribution in [2.24, 2.45) is 0 Å². The minimum atomic E-state index is 0.445. The highest BCUT2D eigenvalue weighted by molar-refractivity contribution is 7.15.